The van der Waals surface area contributed by atoms with Gasteiger partial charge in [0.2, 0.25) is 0 Å². The van der Waals surface area contributed by atoms with Crippen LogP contribution in [0.5, 0.6) is 0 Å². The van der Waals surface area contributed by atoms with E-state index < -0.39 is 0 Å². The van der Waals surface area contributed by atoms with Crippen LogP contribution in [0.25, 0.3) is 69.5 Å². The zero-order chi connectivity index (χ0) is 20.8. The highest BCUT2D eigenvalue weighted by Gasteiger charge is 2.18. The molecule has 4 aromatic carbocycles. The van der Waals surface area contributed by atoms with Gasteiger partial charge in [0.15, 0.2) is 0 Å². The van der Waals surface area contributed by atoms with Crippen LogP contribution in [0.4, 0.5) is 0 Å². The number of fused-ring (bicyclic) bond motifs is 9. The molecule has 8 aromatic rings. The Labute approximate surface area is 187 Å². The Morgan fingerprint density at radius 3 is 2.00 bits per heavy atom. The number of pyridine rings is 1. The first-order chi connectivity index (χ1) is 15.9. The molecular formula is C29H16N2S. The van der Waals surface area contributed by atoms with E-state index in [0.29, 0.717) is 0 Å². The van der Waals surface area contributed by atoms with Gasteiger partial charge in [-0.3, -0.25) is 4.98 Å². The molecule has 3 heteroatoms. The van der Waals surface area contributed by atoms with E-state index in [4.69, 9.17) is 0 Å². The second-order valence-corrected chi connectivity index (χ2v) is 9.54. The molecule has 0 atom stereocenters. The summed E-state index contributed by atoms with van der Waals surface area (Å²) in [5.74, 6) is 0. The van der Waals surface area contributed by atoms with Gasteiger partial charge in [0.1, 0.15) is 0 Å². The van der Waals surface area contributed by atoms with E-state index in [1.165, 1.54) is 64.0 Å². The molecule has 4 heterocycles. The molecule has 32 heavy (non-hydrogen) atoms. The Bertz CT molecular complexity index is 1910. The summed E-state index contributed by atoms with van der Waals surface area (Å²) >= 11 is 1.81. The number of rotatable bonds is 1. The fourth-order valence-corrected chi connectivity index (χ4v) is 6.44. The predicted molar refractivity (Wildman–Crippen MR) is 137 cm³/mol. The number of para-hydroxylation sites is 2. The van der Waals surface area contributed by atoms with Gasteiger partial charge < -0.3 is 4.40 Å². The summed E-state index contributed by atoms with van der Waals surface area (Å²) in [7, 11) is 0. The molecular weight excluding hydrogens is 408 g/mol. The summed E-state index contributed by atoms with van der Waals surface area (Å²) in [5.41, 5.74) is 7.46. The van der Waals surface area contributed by atoms with Crippen LogP contribution in [-0.4, -0.2) is 9.38 Å². The summed E-state index contributed by atoms with van der Waals surface area (Å²) in [6.07, 6.45) is 1.89. The molecule has 2 nitrogen and oxygen atoms in total. The monoisotopic (exact) mass is 424 g/mol. The molecule has 148 valence electrons. The standard InChI is InChI=1S/C29H16N2S/c1-3-8-24-19(6-1)21-15-18(16-22-20-7-2-4-9-25(20)31(24)29(21)22)17-11-12-26-23(14-17)28-27(32-26)10-5-13-30-28/h1-16H. The maximum Gasteiger partial charge on any atom is 0.0888 e. The van der Waals surface area contributed by atoms with E-state index in [9.17, 15) is 0 Å². The second-order valence-electron chi connectivity index (χ2n) is 8.45. The van der Waals surface area contributed by atoms with Crippen LogP contribution in [0.3, 0.4) is 0 Å². The van der Waals surface area contributed by atoms with Crippen molar-refractivity contribution in [1.82, 2.24) is 9.38 Å². The van der Waals surface area contributed by atoms with E-state index in [-0.39, 0.29) is 0 Å². The number of nitrogens with zero attached hydrogens (tertiary/aromatic N) is 2. The normalized spacial score (nSPS) is 12.4. The zero-order valence-corrected chi connectivity index (χ0v) is 17.9. The summed E-state index contributed by atoms with van der Waals surface area (Å²) in [6.45, 7) is 0. The molecule has 0 spiro atoms. The molecule has 0 N–H and O–H groups in total. The highest BCUT2D eigenvalue weighted by Crippen LogP contribution is 2.42. The van der Waals surface area contributed by atoms with Crippen molar-refractivity contribution in [2.45, 2.75) is 0 Å². The minimum atomic E-state index is 1.10. The van der Waals surface area contributed by atoms with E-state index in [0.717, 1.165) is 5.52 Å². The Morgan fingerprint density at radius 2 is 1.25 bits per heavy atom. The van der Waals surface area contributed by atoms with Crippen molar-refractivity contribution in [3.8, 4) is 11.1 Å². The van der Waals surface area contributed by atoms with Gasteiger partial charge in [0, 0.05) is 37.8 Å². The van der Waals surface area contributed by atoms with Crippen molar-refractivity contribution >= 4 is 69.7 Å². The Balaban J connectivity index is 1.52. The lowest BCUT2D eigenvalue weighted by atomic mass is 9.98. The van der Waals surface area contributed by atoms with Crippen molar-refractivity contribution in [3.63, 3.8) is 0 Å². The maximum atomic E-state index is 4.67. The average molecular weight is 425 g/mol. The van der Waals surface area contributed by atoms with Gasteiger partial charge in [0.25, 0.3) is 0 Å². The molecule has 0 unspecified atom stereocenters. The quantitative estimate of drug-likeness (QED) is 0.259. The number of hydrogen-bond donors (Lipinski definition) is 0. The van der Waals surface area contributed by atoms with Gasteiger partial charge in [-0.15, -0.1) is 11.3 Å². The van der Waals surface area contributed by atoms with E-state index in [1.807, 2.05) is 23.6 Å². The SMILES string of the molecule is c1cnc2c(c1)sc1ccc(-c3cc4c5ccccc5n5c6ccccc6c(c3)c45)cc12. The number of hydrogen-bond acceptors (Lipinski definition) is 2. The molecule has 0 amide bonds. The fraction of sp³-hybridized carbons (Fsp3) is 0. The van der Waals surface area contributed by atoms with E-state index in [1.54, 1.807) is 0 Å². The van der Waals surface area contributed by atoms with Crippen LogP contribution in [0.1, 0.15) is 0 Å². The largest absolute Gasteiger partial charge is 0.308 e. The van der Waals surface area contributed by atoms with Crippen LogP contribution < -0.4 is 0 Å². The van der Waals surface area contributed by atoms with Crippen LogP contribution >= 0.6 is 11.3 Å². The lowest BCUT2D eigenvalue weighted by Gasteiger charge is -2.05. The molecule has 0 saturated heterocycles. The first-order valence-electron chi connectivity index (χ1n) is 10.8. The minimum absolute atomic E-state index is 1.10. The molecule has 0 aliphatic carbocycles. The molecule has 0 fully saturated rings. The Kier molecular flexibility index (Phi) is 3.05. The minimum Gasteiger partial charge on any atom is -0.308 e. The molecule has 4 aromatic heterocycles. The lowest BCUT2D eigenvalue weighted by molar-refractivity contribution is 1.37. The van der Waals surface area contributed by atoms with Gasteiger partial charge in [-0.25, -0.2) is 0 Å². The summed E-state index contributed by atoms with van der Waals surface area (Å²) in [6, 6.07) is 33.2. The third kappa shape index (κ3) is 2.02. The van der Waals surface area contributed by atoms with Crippen LogP contribution in [0.2, 0.25) is 0 Å². The van der Waals surface area contributed by atoms with Gasteiger partial charge in [-0.2, -0.15) is 0 Å². The Morgan fingerprint density at radius 1 is 0.562 bits per heavy atom. The molecule has 8 rings (SSSR count). The molecule has 0 bridgehead atoms. The van der Waals surface area contributed by atoms with Crippen molar-refractivity contribution in [2.75, 3.05) is 0 Å². The van der Waals surface area contributed by atoms with Crippen molar-refractivity contribution in [3.05, 3.63) is 97.2 Å². The lowest BCUT2D eigenvalue weighted by Crippen LogP contribution is -1.80. The Hall–Kier alpha value is -3.95. The third-order valence-corrected chi connectivity index (χ3v) is 7.89. The topological polar surface area (TPSA) is 17.3 Å². The van der Waals surface area contributed by atoms with Gasteiger partial charge in [-0.1, -0.05) is 42.5 Å². The average Bonchev–Trinajstić information content (AvgIpc) is 3.50. The highest BCUT2D eigenvalue weighted by molar-refractivity contribution is 7.25. The zero-order valence-electron chi connectivity index (χ0n) is 17.0. The van der Waals surface area contributed by atoms with Crippen molar-refractivity contribution in [2.24, 2.45) is 0 Å². The first-order valence-corrected chi connectivity index (χ1v) is 11.6. The van der Waals surface area contributed by atoms with E-state index >= 15 is 0 Å². The maximum absolute atomic E-state index is 4.67. The summed E-state index contributed by atoms with van der Waals surface area (Å²) in [5, 5.41) is 6.49. The van der Waals surface area contributed by atoms with Gasteiger partial charge in [-0.05, 0) is 59.7 Å². The highest BCUT2D eigenvalue weighted by atomic mass is 32.1. The molecule has 0 aliphatic heterocycles. The predicted octanol–water partition coefficient (Wildman–Crippen LogP) is 8.27. The second kappa shape index (κ2) is 5.84. The number of benzene rings is 4. The number of thiophene rings is 1. The van der Waals surface area contributed by atoms with Gasteiger partial charge in [0.05, 0.1) is 26.8 Å². The number of aromatic nitrogens is 2. The smallest absolute Gasteiger partial charge is 0.0888 e. The third-order valence-electron chi connectivity index (χ3n) is 6.76. The fourth-order valence-electron chi connectivity index (χ4n) is 5.39. The van der Waals surface area contributed by atoms with Crippen LogP contribution in [0.15, 0.2) is 97.2 Å². The summed E-state index contributed by atoms with van der Waals surface area (Å²) < 4.78 is 4.96. The van der Waals surface area contributed by atoms with Crippen molar-refractivity contribution < 1.29 is 0 Å². The van der Waals surface area contributed by atoms with Crippen molar-refractivity contribution in [1.29, 1.82) is 0 Å². The molecule has 0 radical (unpaired) electrons. The first kappa shape index (κ1) is 16.7. The molecule has 0 aliphatic rings. The van der Waals surface area contributed by atoms with E-state index in [2.05, 4.69) is 94.3 Å². The van der Waals surface area contributed by atoms with Crippen LogP contribution in [0, 0.1) is 0 Å². The summed E-state index contributed by atoms with van der Waals surface area (Å²) in [4.78, 5) is 4.67. The molecule has 0 saturated carbocycles. The van der Waals surface area contributed by atoms with Crippen LogP contribution in [-0.2, 0) is 0 Å². The van der Waals surface area contributed by atoms with Gasteiger partial charge >= 0.3 is 0 Å².